The first-order valence-electron chi connectivity index (χ1n) is 12.9. The van der Waals surface area contributed by atoms with Gasteiger partial charge in [0.25, 0.3) is 0 Å². The smallest absolute Gasteiger partial charge is 0.322 e. The Morgan fingerprint density at radius 3 is 2.66 bits per heavy atom. The number of carbonyl (C=O) groups is 2. The van der Waals surface area contributed by atoms with E-state index in [0.717, 1.165) is 64.6 Å². The second kappa shape index (κ2) is 9.40. The lowest BCUT2D eigenvalue weighted by atomic mass is 9.80. The fourth-order valence-electron chi connectivity index (χ4n) is 6.49. The molecule has 7 nitrogen and oxygen atoms in total. The lowest BCUT2D eigenvalue weighted by Gasteiger charge is -2.57. The lowest BCUT2D eigenvalue weighted by molar-refractivity contribution is -0.158. The fourth-order valence-corrected chi connectivity index (χ4v) is 6.79. The van der Waals surface area contributed by atoms with Gasteiger partial charge in [0.05, 0.1) is 21.7 Å². The highest BCUT2D eigenvalue weighted by molar-refractivity contribution is 6.42. The van der Waals surface area contributed by atoms with Crippen molar-refractivity contribution >= 4 is 40.8 Å². The van der Waals surface area contributed by atoms with Gasteiger partial charge in [-0.25, -0.2) is 4.79 Å². The van der Waals surface area contributed by atoms with Gasteiger partial charge in [-0.3, -0.25) is 4.79 Å². The van der Waals surface area contributed by atoms with Crippen molar-refractivity contribution in [3.63, 3.8) is 0 Å². The number of carbonyl (C=O) groups excluding carboxylic acids is 2. The molecule has 2 N–H and O–H groups in total. The standard InChI is InChI=1S/C26H36Cl2N4O3/c1-17-23(34)32-19(7-12-30-13-11-26(9-10-26)22(33)15-30)4-3-8-25(32,2)16-31(17)24(35)29-18-5-6-20(27)21(28)14-18/h5-6,14,17,19,22,33H,3-4,7-13,15-16H2,1-2H3,(H,29,35)/t17-,19-,22+,25+/m0/s1. The van der Waals surface area contributed by atoms with Gasteiger partial charge >= 0.3 is 6.03 Å². The average Bonchev–Trinajstić information content (AvgIpc) is 3.60. The number of rotatable bonds is 4. The number of halogens is 2. The van der Waals surface area contributed by atoms with Crippen LogP contribution in [0.1, 0.15) is 58.8 Å². The summed E-state index contributed by atoms with van der Waals surface area (Å²) in [5.74, 6) is 0.0170. The molecule has 1 aliphatic carbocycles. The number of piperidine rings is 2. The van der Waals surface area contributed by atoms with Crippen molar-refractivity contribution < 1.29 is 14.7 Å². The lowest BCUT2D eigenvalue weighted by Crippen LogP contribution is -2.71. The Kier molecular flexibility index (Phi) is 6.75. The molecule has 3 aliphatic heterocycles. The molecule has 4 atom stereocenters. The molecule has 0 unspecified atom stereocenters. The van der Waals surface area contributed by atoms with Gasteiger partial charge in [0, 0.05) is 31.4 Å². The van der Waals surface area contributed by atoms with E-state index in [4.69, 9.17) is 23.2 Å². The van der Waals surface area contributed by atoms with Gasteiger partial charge in [0.2, 0.25) is 5.91 Å². The molecule has 4 fully saturated rings. The van der Waals surface area contributed by atoms with Crippen LogP contribution in [-0.4, -0.2) is 81.7 Å². The predicted molar refractivity (Wildman–Crippen MR) is 138 cm³/mol. The van der Waals surface area contributed by atoms with Gasteiger partial charge in [-0.05, 0) is 89.0 Å². The summed E-state index contributed by atoms with van der Waals surface area (Å²) in [5.41, 5.74) is 0.371. The Morgan fingerprint density at radius 2 is 1.97 bits per heavy atom. The summed E-state index contributed by atoms with van der Waals surface area (Å²) in [4.78, 5) is 32.9. The molecule has 3 amide bonds. The molecule has 35 heavy (non-hydrogen) atoms. The van der Waals surface area contributed by atoms with Gasteiger partial charge in [0.1, 0.15) is 6.04 Å². The number of aliphatic hydroxyl groups is 1. The van der Waals surface area contributed by atoms with Gasteiger partial charge < -0.3 is 25.1 Å². The molecule has 192 valence electrons. The Hall–Kier alpha value is -1.54. The summed E-state index contributed by atoms with van der Waals surface area (Å²) in [5, 5.41) is 14.2. The van der Waals surface area contributed by atoms with Crippen LogP contribution in [-0.2, 0) is 4.79 Å². The maximum Gasteiger partial charge on any atom is 0.322 e. The van der Waals surface area contributed by atoms with Crippen LogP contribution in [0.4, 0.5) is 10.5 Å². The number of urea groups is 1. The van der Waals surface area contributed by atoms with Gasteiger partial charge in [0.15, 0.2) is 0 Å². The van der Waals surface area contributed by atoms with Crippen molar-refractivity contribution in [3.05, 3.63) is 28.2 Å². The third kappa shape index (κ3) is 4.77. The number of nitrogens with one attached hydrogen (secondary N) is 1. The van der Waals surface area contributed by atoms with Crippen LogP contribution in [0.5, 0.6) is 0 Å². The first kappa shape index (κ1) is 25.1. The minimum Gasteiger partial charge on any atom is -0.391 e. The second-order valence-electron chi connectivity index (χ2n) is 11.3. The van der Waals surface area contributed by atoms with Crippen molar-refractivity contribution in [1.82, 2.24) is 14.7 Å². The summed E-state index contributed by atoms with van der Waals surface area (Å²) >= 11 is 12.1. The van der Waals surface area contributed by atoms with E-state index in [9.17, 15) is 14.7 Å². The molecule has 0 bridgehead atoms. The SMILES string of the molecule is C[C@H]1C(=O)N2[C@H](CCN3CCC4(CC4)[C@H](O)C3)CCC[C@]2(C)CN1C(=O)Nc1ccc(Cl)c(Cl)c1. The molecule has 3 heterocycles. The van der Waals surface area contributed by atoms with Crippen molar-refractivity contribution in [3.8, 4) is 0 Å². The highest BCUT2D eigenvalue weighted by atomic mass is 35.5. The van der Waals surface area contributed by atoms with E-state index < -0.39 is 6.04 Å². The summed E-state index contributed by atoms with van der Waals surface area (Å²) in [7, 11) is 0. The van der Waals surface area contributed by atoms with Crippen LogP contribution in [0.2, 0.25) is 10.0 Å². The molecule has 3 saturated heterocycles. The molecule has 1 aromatic carbocycles. The zero-order valence-electron chi connectivity index (χ0n) is 20.6. The quantitative estimate of drug-likeness (QED) is 0.605. The van der Waals surface area contributed by atoms with Crippen LogP contribution in [0.15, 0.2) is 18.2 Å². The summed E-state index contributed by atoms with van der Waals surface area (Å²) in [6.07, 6.45) is 7.01. The topological polar surface area (TPSA) is 76.1 Å². The van der Waals surface area contributed by atoms with Crippen molar-refractivity contribution in [1.29, 1.82) is 0 Å². The van der Waals surface area contributed by atoms with Crippen LogP contribution >= 0.6 is 23.2 Å². The number of hydrogen-bond acceptors (Lipinski definition) is 4. The minimum atomic E-state index is -0.544. The molecule has 1 aromatic rings. The molecule has 0 aromatic heterocycles. The Morgan fingerprint density at radius 1 is 1.20 bits per heavy atom. The summed E-state index contributed by atoms with van der Waals surface area (Å²) < 4.78 is 0. The molecule has 1 saturated carbocycles. The summed E-state index contributed by atoms with van der Waals surface area (Å²) in [6.45, 7) is 7.11. The average molecular weight is 524 g/mol. The predicted octanol–water partition coefficient (Wildman–Crippen LogP) is 4.61. The van der Waals surface area contributed by atoms with Gasteiger partial charge in [-0.1, -0.05) is 23.2 Å². The maximum absolute atomic E-state index is 13.6. The van der Waals surface area contributed by atoms with Crippen molar-refractivity contribution in [2.24, 2.45) is 5.41 Å². The van der Waals surface area contributed by atoms with Gasteiger partial charge in [-0.15, -0.1) is 0 Å². The number of amides is 3. The van der Waals surface area contributed by atoms with E-state index in [1.54, 1.807) is 23.1 Å². The fraction of sp³-hybridized carbons (Fsp3) is 0.692. The number of benzene rings is 1. The number of β-amino-alcohol motifs (C(OH)–C–C–N with tert-alkyl or cyclic N) is 1. The Labute approximate surface area is 217 Å². The number of fused-ring (bicyclic) bond motifs is 1. The van der Waals surface area contributed by atoms with E-state index in [0.29, 0.717) is 22.3 Å². The van der Waals surface area contributed by atoms with Gasteiger partial charge in [-0.2, -0.15) is 0 Å². The van der Waals surface area contributed by atoms with Crippen molar-refractivity contribution in [2.45, 2.75) is 82.5 Å². The third-order valence-corrected chi connectivity index (χ3v) is 9.68. The Balaban J connectivity index is 1.24. The Bertz CT molecular complexity index is 1000. The second-order valence-corrected chi connectivity index (χ2v) is 12.1. The van der Waals surface area contributed by atoms with Crippen LogP contribution in [0.3, 0.4) is 0 Å². The van der Waals surface area contributed by atoms with E-state index in [1.165, 1.54) is 0 Å². The first-order valence-corrected chi connectivity index (χ1v) is 13.6. The zero-order valence-corrected chi connectivity index (χ0v) is 22.1. The largest absolute Gasteiger partial charge is 0.391 e. The number of nitrogens with zero attached hydrogens (tertiary/aromatic N) is 3. The number of anilines is 1. The highest BCUT2D eigenvalue weighted by Gasteiger charge is 2.53. The molecule has 0 radical (unpaired) electrons. The molecule has 5 rings (SSSR count). The number of aliphatic hydroxyl groups excluding tert-OH is 1. The highest BCUT2D eigenvalue weighted by Crippen LogP contribution is 2.53. The molecule has 1 spiro atoms. The van der Waals surface area contributed by atoms with E-state index in [-0.39, 0.29) is 35.0 Å². The van der Waals surface area contributed by atoms with Crippen LogP contribution < -0.4 is 5.32 Å². The molecular formula is C26H36Cl2N4O3. The molecular weight excluding hydrogens is 487 g/mol. The van der Waals surface area contributed by atoms with Crippen LogP contribution in [0.25, 0.3) is 0 Å². The van der Waals surface area contributed by atoms with E-state index in [2.05, 4.69) is 22.0 Å². The third-order valence-electron chi connectivity index (χ3n) is 8.94. The molecule has 4 aliphatic rings. The molecule has 9 heteroatoms. The minimum absolute atomic E-state index is 0.0170. The van der Waals surface area contributed by atoms with Crippen molar-refractivity contribution in [2.75, 3.05) is 31.5 Å². The normalized spacial score (nSPS) is 32.5. The van der Waals surface area contributed by atoms with E-state index in [1.807, 2.05) is 6.92 Å². The van der Waals surface area contributed by atoms with Crippen LogP contribution in [0, 0.1) is 5.41 Å². The number of piperazine rings is 1. The summed E-state index contributed by atoms with van der Waals surface area (Å²) in [6, 6.07) is 4.28. The monoisotopic (exact) mass is 522 g/mol. The van der Waals surface area contributed by atoms with E-state index >= 15 is 0 Å². The number of hydrogen-bond donors (Lipinski definition) is 2. The maximum atomic E-state index is 13.6. The zero-order chi connectivity index (χ0) is 25.0. The first-order chi connectivity index (χ1) is 16.6. The number of likely N-dealkylation sites (tertiary alicyclic amines) is 1.